The van der Waals surface area contributed by atoms with Crippen LogP contribution < -0.4 is 4.90 Å². The molecule has 2 nitrogen and oxygen atoms in total. The minimum Gasteiger partial charge on any atom is -0.371 e. The van der Waals surface area contributed by atoms with Gasteiger partial charge in [0.25, 0.3) is 0 Å². The number of hydrogen-bond donors (Lipinski definition) is 0. The lowest BCUT2D eigenvalue weighted by Gasteiger charge is -2.33. The maximum Gasteiger partial charge on any atom is 0.123 e. The van der Waals surface area contributed by atoms with Gasteiger partial charge in [-0.3, -0.25) is 0 Å². The summed E-state index contributed by atoms with van der Waals surface area (Å²) in [5.41, 5.74) is 4.05. The molecule has 0 unspecified atom stereocenters. The van der Waals surface area contributed by atoms with Gasteiger partial charge in [-0.05, 0) is 43.9 Å². The molecule has 0 radical (unpaired) electrons. The smallest absolute Gasteiger partial charge is 0.123 e. The molecule has 1 aliphatic rings. The van der Waals surface area contributed by atoms with Crippen molar-refractivity contribution in [2.45, 2.75) is 26.7 Å². The number of rotatable bonds is 2. The summed E-state index contributed by atoms with van der Waals surface area (Å²) in [4.78, 5) is 13.1. The lowest BCUT2D eigenvalue weighted by molar-refractivity contribution is -0.111. The Morgan fingerprint density at radius 1 is 1.25 bits per heavy atom. The molecule has 0 N–H and O–H groups in total. The Labute approximate surface area is 97.3 Å². The molecule has 1 heterocycles. The average Bonchev–Trinajstić information content (AvgIpc) is 2.33. The summed E-state index contributed by atoms with van der Waals surface area (Å²) in [5, 5.41) is 0. The van der Waals surface area contributed by atoms with Crippen LogP contribution in [-0.2, 0) is 4.79 Å². The Morgan fingerprint density at radius 2 is 1.94 bits per heavy atom. The van der Waals surface area contributed by atoms with Crippen molar-refractivity contribution in [3.8, 4) is 0 Å². The Morgan fingerprint density at radius 3 is 2.56 bits per heavy atom. The van der Waals surface area contributed by atoms with Gasteiger partial charge >= 0.3 is 0 Å². The third kappa shape index (κ3) is 2.11. The van der Waals surface area contributed by atoms with Crippen LogP contribution in [0.4, 0.5) is 5.69 Å². The zero-order chi connectivity index (χ0) is 11.5. The van der Waals surface area contributed by atoms with Crippen LogP contribution in [-0.4, -0.2) is 19.4 Å². The van der Waals surface area contributed by atoms with E-state index in [1.54, 1.807) is 0 Å². The van der Waals surface area contributed by atoms with E-state index in [0.29, 0.717) is 0 Å². The van der Waals surface area contributed by atoms with E-state index in [9.17, 15) is 4.79 Å². The van der Waals surface area contributed by atoms with E-state index < -0.39 is 0 Å². The van der Waals surface area contributed by atoms with Crippen LogP contribution in [0.2, 0.25) is 0 Å². The van der Waals surface area contributed by atoms with Crippen molar-refractivity contribution < 1.29 is 4.79 Å². The average molecular weight is 217 g/mol. The number of piperidine rings is 1. The molecule has 2 heteroatoms. The summed E-state index contributed by atoms with van der Waals surface area (Å²) in [6.45, 7) is 6.34. The van der Waals surface area contributed by atoms with Crippen LogP contribution in [0.1, 0.15) is 24.0 Å². The maximum absolute atomic E-state index is 10.7. The van der Waals surface area contributed by atoms with Gasteiger partial charge in [-0.15, -0.1) is 0 Å². The summed E-state index contributed by atoms with van der Waals surface area (Å²) in [6, 6.07) is 6.45. The first-order valence-electron chi connectivity index (χ1n) is 5.99. The molecule has 16 heavy (non-hydrogen) atoms. The molecule has 0 aromatic heterocycles. The third-order valence-electron chi connectivity index (χ3n) is 3.65. The van der Waals surface area contributed by atoms with Gasteiger partial charge in [-0.1, -0.05) is 12.1 Å². The van der Waals surface area contributed by atoms with Gasteiger partial charge in [-0.2, -0.15) is 0 Å². The van der Waals surface area contributed by atoms with Crippen molar-refractivity contribution in [2.24, 2.45) is 5.92 Å². The standard InChI is InChI=1S/C14H19NO/c1-11-4-3-5-14(12(11)2)15-8-6-13(10-16)7-9-15/h3-5,10,13H,6-9H2,1-2H3. The molecule has 0 bridgehead atoms. The molecule has 0 atom stereocenters. The number of carbonyl (C=O) groups excluding carboxylic acids is 1. The second-order valence-corrected chi connectivity index (χ2v) is 4.68. The lowest BCUT2D eigenvalue weighted by atomic mass is 9.97. The number of anilines is 1. The normalized spacial score (nSPS) is 17.5. The molecule has 0 spiro atoms. The molecular formula is C14H19NO. The van der Waals surface area contributed by atoms with Crippen molar-refractivity contribution in [3.63, 3.8) is 0 Å². The van der Waals surface area contributed by atoms with E-state index >= 15 is 0 Å². The third-order valence-corrected chi connectivity index (χ3v) is 3.65. The lowest BCUT2D eigenvalue weighted by Crippen LogP contribution is -2.34. The number of aryl methyl sites for hydroxylation is 1. The van der Waals surface area contributed by atoms with Gasteiger partial charge in [0, 0.05) is 24.7 Å². The number of nitrogens with zero attached hydrogens (tertiary/aromatic N) is 1. The van der Waals surface area contributed by atoms with Crippen LogP contribution >= 0.6 is 0 Å². The van der Waals surface area contributed by atoms with E-state index in [4.69, 9.17) is 0 Å². The van der Waals surface area contributed by atoms with Gasteiger partial charge in [0.15, 0.2) is 0 Å². The Bertz CT molecular complexity index is 378. The molecule has 1 aromatic rings. The van der Waals surface area contributed by atoms with Crippen molar-refractivity contribution >= 4 is 12.0 Å². The fourth-order valence-electron chi connectivity index (χ4n) is 2.35. The first kappa shape index (κ1) is 11.2. The molecule has 0 amide bonds. The SMILES string of the molecule is Cc1cccc(N2CCC(C=O)CC2)c1C. The molecule has 1 aliphatic heterocycles. The molecule has 1 aromatic carbocycles. The van der Waals surface area contributed by atoms with Gasteiger partial charge in [-0.25, -0.2) is 0 Å². The Balaban J connectivity index is 2.14. The minimum atomic E-state index is 0.279. The Kier molecular flexibility index (Phi) is 3.28. The fourth-order valence-corrected chi connectivity index (χ4v) is 2.35. The molecule has 86 valence electrons. The second-order valence-electron chi connectivity index (χ2n) is 4.68. The number of carbonyl (C=O) groups is 1. The molecule has 0 aliphatic carbocycles. The van der Waals surface area contributed by atoms with Crippen LogP contribution in [0.15, 0.2) is 18.2 Å². The van der Waals surface area contributed by atoms with Gasteiger partial charge in [0.2, 0.25) is 0 Å². The highest BCUT2D eigenvalue weighted by atomic mass is 16.1. The predicted octanol–water partition coefficient (Wildman–Crippen LogP) is 2.72. The monoisotopic (exact) mass is 217 g/mol. The highest BCUT2D eigenvalue weighted by Crippen LogP contribution is 2.26. The minimum absolute atomic E-state index is 0.279. The van der Waals surface area contributed by atoms with Gasteiger partial charge in [0.05, 0.1) is 0 Å². The van der Waals surface area contributed by atoms with Crippen molar-refractivity contribution in [3.05, 3.63) is 29.3 Å². The highest BCUT2D eigenvalue weighted by molar-refractivity contribution is 5.58. The first-order chi connectivity index (χ1) is 7.72. The molecule has 1 saturated heterocycles. The molecular weight excluding hydrogens is 198 g/mol. The summed E-state index contributed by atoms with van der Waals surface area (Å²) in [7, 11) is 0. The summed E-state index contributed by atoms with van der Waals surface area (Å²) < 4.78 is 0. The van der Waals surface area contributed by atoms with Crippen LogP contribution in [0.25, 0.3) is 0 Å². The molecule has 2 rings (SSSR count). The number of aldehydes is 1. The van der Waals surface area contributed by atoms with Gasteiger partial charge in [0.1, 0.15) is 6.29 Å². The van der Waals surface area contributed by atoms with Crippen LogP contribution in [0, 0.1) is 19.8 Å². The molecule has 1 fully saturated rings. The zero-order valence-electron chi connectivity index (χ0n) is 10.1. The topological polar surface area (TPSA) is 20.3 Å². The molecule has 0 saturated carbocycles. The quantitative estimate of drug-likeness (QED) is 0.710. The van der Waals surface area contributed by atoms with Crippen LogP contribution in [0.3, 0.4) is 0 Å². The van der Waals surface area contributed by atoms with Crippen molar-refractivity contribution in [1.29, 1.82) is 0 Å². The largest absolute Gasteiger partial charge is 0.371 e. The van der Waals surface area contributed by atoms with E-state index in [1.807, 2.05) is 0 Å². The summed E-state index contributed by atoms with van der Waals surface area (Å²) >= 11 is 0. The predicted molar refractivity (Wildman–Crippen MR) is 66.9 cm³/mol. The fraction of sp³-hybridized carbons (Fsp3) is 0.500. The number of hydrogen-bond acceptors (Lipinski definition) is 2. The van der Waals surface area contributed by atoms with Crippen molar-refractivity contribution in [1.82, 2.24) is 0 Å². The highest BCUT2D eigenvalue weighted by Gasteiger charge is 2.19. The van der Waals surface area contributed by atoms with Crippen LogP contribution in [0.5, 0.6) is 0 Å². The zero-order valence-corrected chi connectivity index (χ0v) is 10.1. The summed E-state index contributed by atoms with van der Waals surface area (Å²) in [5.74, 6) is 0.279. The van der Waals surface area contributed by atoms with E-state index in [0.717, 1.165) is 32.2 Å². The van der Waals surface area contributed by atoms with E-state index in [-0.39, 0.29) is 5.92 Å². The summed E-state index contributed by atoms with van der Waals surface area (Å²) in [6.07, 6.45) is 3.11. The van der Waals surface area contributed by atoms with E-state index in [2.05, 4.69) is 36.9 Å². The number of benzene rings is 1. The Hall–Kier alpha value is -1.31. The van der Waals surface area contributed by atoms with Gasteiger partial charge < -0.3 is 9.69 Å². The first-order valence-corrected chi connectivity index (χ1v) is 5.99. The van der Waals surface area contributed by atoms with E-state index in [1.165, 1.54) is 16.8 Å². The van der Waals surface area contributed by atoms with Crippen molar-refractivity contribution in [2.75, 3.05) is 18.0 Å². The second kappa shape index (κ2) is 4.69. The maximum atomic E-state index is 10.7.